The van der Waals surface area contributed by atoms with Crippen molar-refractivity contribution in [2.75, 3.05) is 0 Å². The van der Waals surface area contributed by atoms with E-state index in [1.807, 2.05) is 0 Å². The fourth-order valence-electron chi connectivity index (χ4n) is 9.45. The van der Waals surface area contributed by atoms with Gasteiger partial charge in [0, 0.05) is 21.8 Å². The van der Waals surface area contributed by atoms with Crippen LogP contribution in [-0.2, 0) is 5.41 Å². The van der Waals surface area contributed by atoms with E-state index < -0.39 is 0 Å². The second-order valence-electron chi connectivity index (χ2n) is 16.1. The molecular formula is C53H42N4. The van der Waals surface area contributed by atoms with E-state index in [1.165, 1.54) is 60.5 Å². The van der Waals surface area contributed by atoms with Crippen molar-refractivity contribution in [1.29, 1.82) is 0 Å². The van der Waals surface area contributed by atoms with Crippen LogP contribution in [0.4, 0.5) is 0 Å². The van der Waals surface area contributed by atoms with Gasteiger partial charge in [0.2, 0.25) is 0 Å². The van der Waals surface area contributed by atoms with E-state index in [0.29, 0.717) is 0 Å². The minimum atomic E-state index is -0.173. The third-order valence-corrected chi connectivity index (χ3v) is 12.3. The highest BCUT2D eigenvalue weighted by atomic mass is 15.4. The molecule has 4 nitrogen and oxygen atoms in total. The lowest BCUT2D eigenvalue weighted by molar-refractivity contribution is 0.203. The summed E-state index contributed by atoms with van der Waals surface area (Å²) in [6.45, 7) is 4.75. The second-order valence-corrected chi connectivity index (χ2v) is 16.1. The Morgan fingerprint density at radius 3 is 1.72 bits per heavy atom. The first-order valence-corrected chi connectivity index (χ1v) is 20.0. The second kappa shape index (κ2) is 13.4. The van der Waals surface area contributed by atoms with Crippen LogP contribution in [0.2, 0.25) is 0 Å². The highest BCUT2D eigenvalue weighted by Gasteiger charge is 2.37. The predicted molar refractivity (Wildman–Crippen MR) is 236 cm³/mol. The zero-order valence-corrected chi connectivity index (χ0v) is 32.0. The minimum Gasteiger partial charge on any atom is -0.279 e. The molecular weight excluding hydrogens is 693 g/mol. The molecule has 2 atom stereocenters. The van der Waals surface area contributed by atoms with Crippen LogP contribution in [-0.4, -0.2) is 4.98 Å². The van der Waals surface area contributed by atoms with Crippen molar-refractivity contribution in [2.45, 2.75) is 37.8 Å². The molecule has 0 saturated carbocycles. The quantitative estimate of drug-likeness (QED) is 0.154. The molecule has 4 heteroatoms. The van der Waals surface area contributed by atoms with Gasteiger partial charge in [0.05, 0.1) is 29.7 Å². The summed E-state index contributed by atoms with van der Waals surface area (Å²) in [4.78, 5) is 5.40. The van der Waals surface area contributed by atoms with Crippen molar-refractivity contribution in [1.82, 2.24) is 20.9 Å². The van der Waals surface area contributed by atoms with Gasteiger partial charge in [-0.05, 0) is 96.6 Å². The molecule has 2 heterocycles. The summed E-state index contributed by atoms with van der Waals surface area (Å²) < 4.78 is 0. The van der Waals surface area contributed by atoms with Crippen molar-refractivity contribution < 1.29 is 0 Å². The molecule has 1 saturated heterocycles. The summed E-state index contributed by atoms with van der Waals surface area (Å²) in [5.74, 6) is 0. The van der Waals surface area contributed by atoms with Gasteiger partial charge in [0.1, 0.15) is 0 Å². The van der Waals surface area contributed by atoms with Gasteiger partial charge in [0.25, 0.3) is 0 Å². The number of rotatable bonds is 5. The number of para-hydroxylation sites is 1. The number of pyridine rings is 1. The lowest BCUT2D eigenvalue weighted by Gasteiger charge is -2.40. The molecule has 1 fully saturated rings. The third-order valence-electron chi connectivity index (χ3n) is 12.3. The Kier molecular flexibility index (Phi) is 7.94. The molecule has 0 spiro atoms. The third kappa shape index (κ3) is 5.68. The monoisotopic (exact) mass is 734 g/mol. The first kappa shape index (κ1) is 33.9. The standard InChI is InChI=1S/C53H42N4/c1-53(2)45-28-26-33-15-9-10-20-40(33)48(45)44-27-25-36(32-46(44)53)37-29-38(49-43-23-12-11-21-41(43)42-22-13-14-24-47(42)54-49)31-39(30-37)52-56-50(34-16-5-3-6-17-34)55-51(57-52)35-18-7-4-8-19-35/h3-32,50-52,55-57H,1-2H3. The molecule has 1 aliphatic heterocycles. The fraction of sp³-hybridized carbons (Fsp3) is 0.113. The first-order chi connectivity index (χ1) is 28.0. The van der Waals surface area contributed by atoms with Crippen molar-refractivity contribution >= 4 is 32.4 Å². The largest absolute Gasteiger partial charge is 0.279 e. The van der Waals surface area contributed by atoms with Gasteiger partial charge in [-0.2, -0.15) is 0 Å². The van der Waals surface area contributed by atoms with Crippen LogP contribution in [0.15, 0.2) is 182 Å². The zero-order valence-electron chi connectivity index (χ0n) is 32.0. The van der Waals surface area contributed by atoms with E-state index in [0.717, 1.165) is 33.3 Å². The van der Waals surface area contributed by atoms with Crippen LogP contribution in [0, 0.1) is 0 Å². The van der Waals surface area contributed by atoms with Crippen molar-refractivity contribution in [2.24, 2.45) is 0 Å². The maximum Gasteiger partial charge on any atom is 0.0865 e. The van der Waals surface area contributed by atoms with Gasteiger partial charge in [-0.3, -0.25) is 16.0 Å². The van der Waals surface area contributed by atoms with Crippen molar-refractivity contribution in [3.8, 4) is 33.5 Å². The number of hydrogen-bond donors (Lipinski definition) is 3. The number of hydrogen-bond acceptors (Lipinski definition) is 4. The van der Waals surface area contributed by atoms with Crippen LogP contribution in [0.1, 0.15) is 60.2 Å². The summed E-state index contributed by atoms with van der Waals surface area (Å²) in [6.07, 6.45) is -0.333. The summed E-state index contributed by atoms with van der Waals surface area (Å²) in [6, 6.07) is 66.1. The molecule has 2 aliphatic rings. The molecule has 9 aromatic rings. The average molecular weight is 735 g/mol. The van der Waals surface area contributed by atoms with Gasteiger partial charge in [0.15, 0.2) is 0 Å². The Labute approximate surface area is 333 Å². The van der Waals surface area contributed by atoms with E-state index in [2.05, 4.69) is 212 Å². The summed E-state index contributed by atoms with van der Waals surface area (Å²) >= 11 is 0. The Balaban J connectivity index is 1.11. The molecule has 2 unspecified atom stereocenters. The number of aromatic nitrogens is 1. The number of nitrogens with one attached hydrogen (secondary N) is 3. The van der Waals surface area contributed by atoms with Crippen LogP contribution < -0.4 is 16.0 Å². The van der Waals surface area contributed by atoms with Crippen molar-refractivity contribution in [3.63, 3.8) is 0 Å². The normalized spacial score (nSPS) is 18.5. The van der Waals surface area contributed by atoms with Crippen LogP contribution in [0.5, 0.6) is 0 Å². The fourth-order valence-corrected chi connectivity index (χ4v) is 9.45. The lowest BCUT2D eigenvalue weighted by Crippen LogP contribution is -2.54. The topological polar surface area (TPSA) is 49.0 Å². The highest BCUT2D eigenvalue weighted by Crippen LogP contribution is 2.52. The molecule has 57 heavy (non-hydrogen) atoms. The van der Waals surface area contributed by atoms with Gasteiger partial charge >= 0.3 is 0 Å². The Bertz CT molecular complexity index is 2940. The Morgan fingerprint density at radius 1 is 0.421 bits per heavy atom. The van der Waals surface area contributed by atoms with Crippen LogP contribution >= 0.6 is 0 Å². The summed E-state index contributed by atoms with van der Waals surface area (Å²) in [5.41, 5.74) is 14.3. The molecule has 274 valence electrons. The predicted octanol–water partition coefficient (Wildman–Crippen LogP) is 12.4. The zero-order chi connectivity index (χ0) is 38.1. The Hall–Kier alpha value is -6.43. The van der Waals surface area contributed by atoms with Crippen LogP contribution in [0.3, 0.4) is 0 Å². The first-order valence-electron chi connectivity index (χ1n) is 20.0. The molecule has 8 aromatic carbocycles. The van der Waals surface area contributed by atoms with E-state index >= 15 is 0 Å². The smallest absolute Gasteiger partial charge is 0.0865 e. The maximum atomic E-state index is 5.40. The molecule has 3 N–H and O–H groups in total. The number of benzene rings is 8. The summed E-state index contributed by atoms with van der Waals surface area (Å²) in [7, 11) is 0. The molecule has 0 radical (unpaired) electrons. The summed E-state index contributed by atoms with van der Waals surface area (Å²) in [5, 5.41) is 17.9. The maximum absolute atomic E-state index is 5.40. The lowest BCUT2D eigenvalue weighted by atomic mass is 9.81. The molecule has 1 aliphatic carbocycles. The molecule has 11 rings (SSSR count). The average Bonchev–Trinajstić information content (AvgIpc) is 3.51. The van der Waals surface area contributed by atoms with E-state index in [-0.39, 0.29) is 23.9 Å². The SMILES string of the molecule is CC1(C)c2cc(-c3cc(-c4nc5ccccc5c5ccccc45)cc(C4NC(c5ccccc5)NC(c5ccccc5)N4)c3)ccc2-c2c1ccc1ccccc21. The highest BCUT2D eigenvalue weighted by molar-refractivity contribution is 6.11. The van der Waals surface area contributed by atoms with E-state index in [9.17, 15) is 0 Å². The van der Waals surface area contributed by atoms with Crippen molar-refractivity contribution in [3.05, 3.63) is 210 Å². The van der Waals surface area contributed by atoms with Gasteiger partial charge < -0.3 is 0 Å². The molecule has 0 amide bonds. The van der Waals surface area contributed by atoms with E-state index in [1.54, 1.807) is 0 Å². The van der Waals surface area contributed by atoms with Gasteiger partial charge in [-0.1, -0.05) is 166 Å². The van der Waals surface area contributed by atoms with Gasteiger partial charge in [-0.25, -0.2) is 4.98 Å². The van der Waals surface area contributed by atoms with Gasteiger partial charge in [-0.15, -0.1) is 0 Å². The molecule has 1 aromatic heterocycles. The Morgan fingerprint density at radius 2 is 1.00 bits per heavy atom. The number of nitrogens with zero attached hydrogens (tertiary/aromatic N) is 1. The van der Waals surface area contributed by atoms with E-state index in [4.69, 9.17) is 4.98 Å². The van der Waals surface area contributed by atoms with Crippen LogP contribution in [0.25, 0.3) is 66.0 Å². The molecule has 0 bridgehead atoms. The minimum absolute atomic E-state index is 0.0801. The number of fused-ring (bicyclic) bond motifs is 8.